The minimum Gasteiger partial charge on any atom is -0.393 e. The fourth-order valence-corrected chi connectivity index (χ4v) is 3.32. The smallest absolute Gasteiger partial charge is 0.150 e. The van der Waals surface area contributed by atoms with Crippen LogP contribution >= 0.6 is 0 Å². The van der Waals surface area contributed by atoms with Crippen molar-refractivity contribution in [2.24, 2.45) is 0 Å². The fraction of sp³-hybridized carbons (Fsp3) is 1.00. The van der Waals surface area contributed by atoms with Gasteiger partial charge in [0.25, 0.3) is 0 Å². The van der Waals surface area contributed by atoms with Crippen molar-refractivity contribution in [3.8, 4) is 0 Å². The summed E-state index contributed by atoms with van der Waals surface area (Å²) in [5, 5.41) is 21.4. The second-order valence-electron chi connectivity index (χ2n) is 5.35. The first-order valence-corrected chi connectivity index (χ1v) is 7.95. The van der Waals surface area contributed by atoms with Crippen LogP contribution in [0.3, 0.4) is 0 Å². The summed E-state index contributed by atoms with van der Waals surface area (Å²) in [5.74, 6) is 0. The molecule has 0 spiro atoms. The molecule has 0 bridgehead atoms. The van der Waals surface area contributed by atoms with Crippen molar-refractivity contribution in [3.63, 3.8) is 0 Å². The first kappa shape index (κ1) is 14.9. The summed E-state index contributed by atoms with van der Waals surface area (Å²) in [6.45, 7) is 1.53. The predicted octanol–water partition coefficient (Wildman–Crippen LogP) is -0.325. The van der Waals surface area contributed by atoms with E-state index in [0.717, 1.165) is 19.3 Å². The van der Waals surface area contributed by atoms with E-state index in [-0.39, 0.29) is 24.4 Å². The molecule has 102 valence electrons. The van der Waals surface area contributed by atoms with Crippen LogP contribution < -0.4 is 5.32 Å². The summed E-state index contributed by atoms with van der Waals surface area (Å²) in [6.07, 6.45) is 4.42. The van der Waals surface area contributed by atoms with E-state index in [4.69, 9.17) is 5.11 Å². The lowest BCUT2D eigenvalue weighted by Gasteiger charge is -2.31. The van der Waals surface area contributed by atoms with Crippen molar-refractivity contribution in [2.75, 3.05) is 19.4 Å². The highest BCUT2D eigenvalue weighted by atomic mass is 32.2. The molecule has 0 radical (unpaired) electrons. The van der Waals surface area contributed by atoms with Crippen molar-refractivity contribution >= 4 is 9.84 Å². The second-order valence-corrected chi connectivity index (χ2v) is 7.68. The van der Waals surface area contributed by atoms with E-state index >= 15 is 0 Å². The quantitative estimate of drug-likeness (QED) is 0.634. The van der Waals surface area contributed by atoms with E-state index in [1.165, 1.54) is 6.26 Å². The fourth-order valence-electron chi connectivity index (χ4n) is 2.14. The van der Waals surface area contributed by atoms with Gasteiger partial charge in [-0.3, -0.25) is 0 Å². The number of sulfone groups is 1. The highest BCUT2D eigenvalue weighted by Gasteiger charge is 2.30. The summed E-state index contributed by atoms with van der Waals surface area (Å²) in [4.78, 5) is 0. The maximum Gasteiger partial charge on any atom is 0.150 e. The van der Waals surface area contributed by atoms with Crippen LogP contribution in [0, 0.1) is 0 Å². The Labute approximate surface area is 103 Å². The van der Waals surface area contributed by atoms with Gasteiger partial charge in [-0.05, 0) is 26.2 Å². The van der Waals surface area contributed by atoms with Gasteiger partial charge in [0.15, 0.2) is 0 Å². The van der Waals surface area contributed by atoms with Gasteiger partial charge < -0.3 is 15.5 Å². The van der Waals surface area contributed by atoms with Gasteiger partial charge in [-0.1, -0.05) is 6.42 Å². The molecule has 1 saturated carbocycles. The van der Waals surface area contributed by atoms with Crippen LogP contribution in [0.1, 0.15) is 32.6 Å². The molecule has 0 aromatic carbocycles. The lowest BCUT2D eigenvalue weighted by atomic mass is 9.94. The number of aliphatic hydroxyl groups excluding tert-OH is 1. The summed E-state index contributed by atoms with van der Waals surface area (Å²) in [6, 6.07) is 0.112. The Morgan fingerprint density at radius 3 is 2.59 bits per heavy atom. The van der Waals surface area contributed by atoms with Crippen LogP contribution in [0.4, 0.5) is 0 Å². The number of aliphatic hydroxyl groups is 2. The first-order chi connectivity index (χ1) is 7.74. The van der Waals surface area contributed by atoms with E-state index in [0.29, 0.717) is 6.42 Å². The Morgan fingerprint density at radius 2 is 2.06 bits per heavy atom. The van der Waals surface area contributed by atoms with Gasteiger partial charge in [0.2, 0.25) is 0 Å². The van der Waals surface area contributed by atoms with E-state index < -0.39 is 15.4 Å². The third-order valence-corrected chi connectivity index (χ3v) is 4.98. The summed E-state index contributed by atoms with van der Waals surface area (Å²) >= 11 is 0. The Morgan fingerprint density at radius 1 is 1.41 bits per heavy atom. The molecule has 3 unspecified atom stereocenters. The van der Waals surface area contributed by atoms with Crippen LogP contribution in [-0.2, 0) is 9.84 Å². The zero-order valence-electron chi connectivity index (χ0n) is 10.5. The molecule has 3 atom stereocenters. The Bertz CT molecular complexity index is 339. The molecule has 0 amide bonds. The summed E-state index contributed by atoms with van der Waals surface area (Å²) < 4.78 is 22.9. The van der Waals surface area contributed by atoms with Crippen LogP contribution in [0.25, 0.3) is 0 Å². The minimum atomic E-state index is -2.97. The van der Waals surface area contributed by atoms with E-state index in [9.17, 15) is 13.5 Å². The molecule has 17 heavy (non-hydrogen) atoms. The standard InChI is InChI=1S/C11H23NO4S/c1-11(14,8-13)7-12-9-4-3-5-10(6-9)17(2,15)16/h9-10,12-14H,3-8H2,1-2H3. The number of hydrogen-bond acceptors (Lipinski definition) is 5. The number of hydrogen-bond donors (Lipinski definition) is 3. The molecular weight excluding hydrogens is 242 g/mol. The lowest BCUT2D eigenvalue weighted by Crippen LogP contribution is -2.47. The second kappa shape index (κ2) is 5.65. The molecule has 1 fully saturated rings. The molecule has 1 rings (SSSR count). The molecular formula is C11H23NO4S. The van der Waals surface area contributed by atoms with Crippen LogP contribution in [0.2, 0.25) is 0 Å². The van der Waals surface area contributed by atoms with Gasteiger partial charge in [-0.25, -0.2) is 8.42 Å². The molecule has 0 aromatic heterocycles. The Balaban J connectivity index is 2.46. The molecule has 1 aliphatic carbocycles. The first-order valence-electron chi connectivity index (χ1n) is 6.00. The number of nitrogens with one attached hydrogen (secondary N) is 1. The van der Waals surface area contributed by atoms with Crippen LogP contribution in [0.15, 0.2) is 0 Å². The van der Waals surface area contributed by atoms with E-state index in [2.05, 4.69) is 5.32 Å². The zero-order chi connectivity index (χ0) is 13.1. The molecule has 0 heterocycles. The maximum atomic E-state index is 11.5. The van der Waals surface area contributed by atoms with Gasteiger partial charge in [-0.2, -0.15) is 0 Å². The molecule has 3 N–H and O–H groups in total. The molecule has 0 saturated heterocycles. The van der Waals surface area contributed by atoms with E-state index in [1.807, 2.05) is 0 Å². The summed E-state index contributed by atoms with van der Waals surface area (Å²) in [5.41, 5.74) is -1.14. The average molecular weight is 265 g/mol. The third-order valence-electron chi connectivity index (χ3n) is 3.34. The average Bonchev–Trinajstić information content (AvgIpc) is 2.26. The molecule has 0 aliphatic heterocycles. The molecule has 6 heteroatoms. The minimum absolute atomic E-state index is 0.112. The van der Waals surface area contributed by atoms with Crippen molar-refractivity contribution < 1.29 is 18.6 Å². The van der Waals surface area contributed by atoms with Crippen molar-refractivity contribution in [3.05, 3.63) is 0 Å². The van der Waals surface area contributed by atoms with Gasteiger partial charge in [0.05, 0.1) is 17.5 Å². The highest BCUT2D eigenvalue weighted by molar-refractivity contribution is 7.91. The number of rotatable bonds is 5. The van der Waals surface area contributed by atoms with Crippen LogP contribution in [-0.4, -0.2) is 54.9 Å². The van der Waals surface area contributed by atoms with Gasteiger partial charge >= 0.3 is 0 Å². The summed E-state index contributed by atoms with van der Waals surface area (Å²) in [7, 11) is -2.97. The topological polar surface area (TPSA) is 86.6 Å². The lowest BCUT2D eigenvalue weighted by molar-refractivity contribution is -0.0000487. The molecule has 0 aromatic rings. The zero-order valence-corrected chi connectivity index (χ0v) is 11.3. The van der Waals surface area contributed by atoms with Crippen molar-refractivity contribution in [1.29, 1.82) is 0 Å². The third kappa shape index (κ3) is 4.91. The Kier molecular flexibility index (Phi) is 4.95. The normalized spacial score (nSPS) is 29.9. The predicted molar refractivity (Wildman–Crippen MR) is 66.6 cm³/mol. The monoisotopic (exact) mass is 265 g/mol. The molecule has 5 nitrogen and oxygen atoms in total. The van der Waals surface area contributed by atoms with Crippen molar-refractivity contribution in [1.82, 2.24) is 5.32 Å². The van der Waals surface area contributed by atoms with E-state index in [1.54, 1.807) is 6.92 Å². The van der Waals surface area contributed by atoms with Gasteiger partial charge in [-0.15, -0.1) is 0 Å². The molecule has 1 aliphatic rings. The largest absolute Gasteiger partial charge is 0.393 e. The van der Waals surface area contributed by atoms with Crippen LogP contribution in [0.5, 0.6) is 0 Å². The highest BCUT2D eigenvalue weighted by Crippen LogP contribution is 2.24. The van der Waals surface area contributed by atoms with Gasteiger partial charge in [0.1, 0.15) is 9.84 Å². The SMILES string of the molecule is CC(O)(CO)CNC1CCCC(S(C)(=O)=O)C1. The van der Waals surface area contributed by atoms with Gasteiger partial charge in [0, 0.05) is 18.8 Å². The Hall–Kier alpha value is -0.170. The van der Waals surface area contributed by atoms with Crippen molar-refractivity contribution in [2.45, 2.75) is 49.5 Å². The maximum absolute atomic E-state index is 11.5.